The Morgan fingerprint density at radius 2 is 1.50 bits per heavy atom. The Morgan fingerprint density at radius 1 is 1.25 bits per heavy atom. The molecular formula is C7H18O4Si. The second-order valence-corrected chi connectivity index (χ2v) is 5.75. The van der Waals surface area contributed by atoms with Gasteiger partial charge in [0.1, 0.15) is 0 Å². The van der Waals surface area contributed by atoms with Gasteiger partial charge in [-0.15, -0.1) is 0 Å². The Morgan fingerprint density at radius 3 is 1.67 bits per heavy atom. The van der Waals surface area contributed by atoms with Gasteiger partial charge >= 0.3 is 8.56 Å². The van der Waals surface area contributed by atoms with E-state index in [1.165, 1.54) is 0 Å². The molecule has 0 spiro atoms. The van der Waals surface area contributed by atoms with Crippen LogP contribution in [0.5, 0.6) is 0 Å². The minimum absolute atomic E-state index is 0.250. The fourth-order valence-electron chi connectivity index (χ4n) is 0.737. The lowest BCUT2D eigenvalue weighted by Gasteiger charge is -2.20. The lowest BCUT2D eigenvalue weighted by Crippen LogP contribution is -2.34. The maximum Gasteiger partial charge on any atom is 0.331 e. The molecule has 0 bridgehead atoms. The molecule has 0 aliphatic rings. The van der Waals surface area contributed by atoms with E-state index in [4.69, 9.17) is 18.8 Å². The summed E-state index contributed by atoms with van der Waals surface area (Å²) in [6.07, 6.45) is 0. The van der Waals surface area contributed by atoms with Crippen LogP contribution in [0.25, 0.3) is 0 Å². The SMILES string of the molecule is CCO[Si](C)(C)OCC.O=CO. The summed E-state index contributed by atoms with van der Waals surface area (Å²) in [5.41, 5.74) is 0. The largest absolute Gasteiger partial charge is 0.483 e. The van der Waals surface area contributed by atoms with E-state index < -0.39 is 8.56 Å². The van der Waals surface area contributed by atoms with Gasteiger partial charge in [0.05, 0.1) is 0 Å². The van der Waals surface area contributed by atoms with Crippen molar-refractivity contribution in [3.8, 4) is 0 Å². The topological polar surface area (TPSA) is 55.8 Å². The Kier molecular flexibility index (Phi) is 10.3. The number of hydrogen-bond donors (Lipinski definition) is 1. The summed E-state index contributed by atoms with van der Waals surface area (Å²) in [7, 11) is -1.70. The first-order chi connectivity index (χ1) is 5.54. The van der Waals surface area contributed by atoms with Crippen LogP contribution in [-0.4, -0.2) is 33.4 Å². The quantitative estimate of drug-likeness (QED) is 0.544. The minimum Gasteiger partial charge on any atom is -0.483 e. The van der Waals surface area contributed by atoms with Crippen molar-refractivity contribution in [2.45, 2.75) is 26.9 Å². The third kappa shape index (κ3) is 12.3. The summed E-state index contributed by atoms with van der Waals surface area (Å²) in [4.78, 5) is 8.36. The third-order valence-corrected chi connectivity index (χ3v) is 2.95. The van der Waals surface area contributed by atoms with Crippen LogP contribution in [0.1, 0.15) is 13.8 Å². The second-order valence-electron chi connectivity index (χ2n) is 2.37. The van der Waals surface area contributed by atoms with Gasteiger partial charge in [-0.1, -0.05) is 0 Å². The minimum atomic E-state index is -1.70. The van der Waals surface area contributed by atoms with Crippen LogP contribution < -0.4 is 0 Å². The van der Waals surface area contributed by atoms with E-state index in [0.717, 1.165) is 13.2 Å². The molecule has 0 fully saturated rings. The molecule has 0 heterocycles. The molecule has 12 heavy (non-hydrogen) atoms. The van der Waals surface area contributed by atoms with Gasteiger partial charge in [0.25, 0.3) is 6.47 Å². The normalized spacial score (nSPS) is 10.0. The van der Waals surface area contributed by atoms with Crippen LogP contribution in [0.4, 0.5) is 0 Å². The first-order valence-corrected chi connectivity index (χ1v) is 6.71. The van der Waals surface area contributed by atoms with E-state index in [1.54, 1.807) is 0 Å². The highest BCUT2D eigenvalue weighted by Crippen LogP contribution is 2.04. The van der Waals surface area contributed by atoms with Crippen LogP contribution in [-0.2, 0) is 13.6 Å². The molecular weight excluding hydrogens is 176 g/mol. The zero-order valence-corrected chi connectivity index (χ0v) is 9.16. The smallest absolute Gasteiger partial charge is 0.331 e. The molecule has 4 nitrogen and oxygen atoms in total. The molecule has 0 aliphatic carbocycles. The summed E-state index contributed by atoms with van der Waals surface area (Å²) >= 11 is 0. The molecule has 0 aliphatic heterocycles. The highest BCUT2D eigenvalue weighted by Gasteiger charge is 2.22. The fraction of sp³-hybridized carbons (Fsp3) is 0.857. The summed E-state index contributed by atoms with van der Waals surface area (Å²) < 4.78 is 10.8. The van der Waals surface area contributed by atoms with Crippen LogP contribution in [0.2, 0.25) is 13.1 Å². The van der Waals surface area contributed by atoms with Gasteiger partial charge in [-0.25, -0.2) is 0 Å². The maximum atomic E-state index is 8.36. The van der Waals surface area contributed by atoms with Crippen LogP contribution >= 0.6 is 0 Å². The van der Waals surface area contributed by atoms with Crippen molar-refractivity contribution in [3.05, 3.63) is 0 Å². The molecule has 0 aromatic rings. The molecule has 74 valence electrons. The average molecular weight is 194 g/mol. The number of rotatable bonds is 4. The predicted molar refractivity (Wildman–Crippen MR) is 49.4 cm³/mol. The molecule has 0 saturated carbocycles. The Hall–Kier alpha value is -0.393. The first kappa shape index (κ1) is 14.1. The van der Waals surface area contributed by atoms with Gasteiger partial charge < -0.3 is 14.0 Å². The van der Waals surface area contributed by atoms with E-state index >= 15 is 0 Å². The van der Waals surface area contributed by atoms with Gasteiger partial charge in [-0.2, -0.15) is 0 Å². The van der Waals surface area contributed by atoms with Gasteiger partial charge in [-0.3, -0.25) is 4.79 Å². The highest BCUT2D eigenvalue weighted by molar-refractivity contribution is 6.64. The van der Waals surface area contributed by atoms with E-state index in [1.807, 2.05) is 13.8 Å². The van der Waals surface area contributed by atoms with Gasteiger partial charge in [-0.05, 0) is 26.9 Å². The van der Waals surface area contributed by atoms with E-state index in [2.05, 4.69) is 13.1 Å². The molecule has 0 radical (unpaired) electrons. The van der Waals surface area contributed by atoms with E-state index in [-0.39, 0.29) is 6.47 Å². The fourth-order valence-corrected chi connectivity index (χ4v) is 2.21. The summed E-state index contributed by atoms with van der Waals surface area (Å²) in [5.74, 6) is 0. The summed E-state index contributed by atoms with van der Waals surface area (Å²) in [6.45, 7) is 9.37. The van der Waals surface area contributed by atoms with Crippen LogP contribution in [0.15, 0.2) is 0 Å². The van der Waals surface area contributed by atoms with Gasteiger partial charge in [0.2, 0.25) is 0 Å². The molecule has 0 atom stereocenters. The monoisotopic (exact) mass is 194 g/mol. The molecule has 0 aromatic heterocycles. The van der Waals surface area contributed by atoms with Crippen molar-refractivity contribution in [3.63, 3.8) is 0 Å². The molecule has 0 unspecified atom stereocenters. The second kappa shape index (κ2) is 8.70. The van der Waals surface area contributed by atoms with E-state index in [9.17, 15) is 0 Å². The van der Waals surface area contributed by atoms with Crippen LogP contribution in [0, 0.1) is 0 Å². The van der Waals surface area contributed by atoms with Crippen molar-refractivity contribution in [2.75, 3.05) is 13.2 Å². The van der Waals surface area contributed by atoms with Gasteiger partial charge in [0.15, 0.2) is 0 Å². The molecule has 0 rings (SSSR count). The maximum absolute atomic E-state index is 8.36. The first-order valence-electron chi connectivity index (χ1n) is 3.89. The third-order valence-electron chi connectivity index (χ3n) is 0.984. The Labute approximate surface area is 74.7 Å². The zero-order valence-electron chi connectivity index (χ0n) is 8.16. The Bertz CT molecular complexity index is 97.6. The number of hydrogen-bond acceptors (Lipinski definition) is 3. The van der Waals surface area contributed by atoms with Crippen molar-refractivity contribution in [1.29, 1.82) is 0 Å². The van der Waals surface area contributed by atoms with Crippen molar-refractivity contribution >= 4 is 15.0 Å². The molecule has 0 saturated heterocycles. The van der Waals surface area contributed by atoms with Crippen LogP contribution in [0.3, 0.4) is 0 Å². The average Bonchev–Trinajstić information content (AvgIpc) is 1.88. The molecule has 5 heteroatoms. The molecule has 1 N–H and O–H groups in total. The lowest BCUT2D eigenvalue weighted by molar-refractivity contribution is -0.122. The van der Waals surface area contributed by atoms with Crippen molar-refractivity contribution < 1.29 is 18.8 Å². The highest BCUT2D eigenvalue weighted by atomic mass is 28.4. The predicted octanol–water partition coefficient (Wildman–Crippen LogP) is 1.46. The molecule has 0 amide bonds. The number of carboxylic acid groups (broad SMARTS) is 1. The standard InChI is InChI=1S/C6H16O2Si.CH2O2/c1-5-7-9(3,4)8-6-2;2-1-3/h5-6H2,1-4H3;1H,(H,2,3). The number of carbonyl (C=O) groups is 1. The van der Waals surface area contributed by atoms with E-state index in [0.29, 0.717) is 0 Å². The summed E-state index contributed by atoms with van der Waals surface area (Å²) in [6, 6.07) is 0. The Balaban J connectivity index is 0. The van der Waals surface area contributed by atoms with Crippen molar-refractivity contribution in [2.24, 2.45) is 0 Å². The summed E-state index contributed by atoms with van der Waals surface area (Å²) in [5, 5.41) is 6.89. The lowest BCUT2D eigenvalue weighted by atomic mass is 10.9. The van der Waals surface area contributed by atoms with Crippen molar-refractivity contribution in [1.82, 2.24) is 0 Å². The zero-order chi connectivity index (χ0) is 10.0. The van der Waals surface area contributed by atoms with Gasteiger partial charge in [0, 0.05) is 13.2 Å². The molecule has 0 aromatic carbocycles.